The molecule has 1 aliphatic rings. The zero-order valence-electron chi connectivity index (χ0n) is 18.6. The van der Waals surface area contributed by atoms with Crippen molar-refractivity contribution in [3.05, 3.63) is 69.1 Å². The highest BCUT2D eigenvalue weighted by atomic mass is 19.3. The molecule has 3 aromatic rings. The minimum atomic E-state index is -4.25. The Morgan fingerprint density at radius 2 is 1.76 bits per heavy atom. The first-order chi connectivity index (χ1) is 15.8. The second-order valence-electron chi connectivity index (χ2n) is 8.51. The molecule has 0 saturated carbocycles. The van der Waals surface area contributed by atoms with Gasteiger partial charge in [0.15, 0.2) is 0 Å². The van der Waals surface area contributed by atoms with Gasteiger partial charge in [0.25, 0.3) is 5.56 Å². The summed E-state index contributed by atoms with van der Waals surface area (Å²) in [5.74, 6) is -9.87. The molecule has 11 heteroatoms. The molecule has 1 aromatic carbocycles. The standard InChI is InChI=1S/C23H22F4N4O3/c1-12-8-16(14(3)28-17-7-5-4-6-15(17)21(33)34)19-29-18(13(2)20(32)31(19)9-12)30-10-22(24,25)23(26,27)11-30/h4-9,14,28H,10-11H2,1-3H3,(H,33,34)/t14-/m1/s1. The third-order valence-corrected chi connectivity index (χ3v) is 5.90. The number of carboxylic acid groups (broad SMARTS) is 1. The van der Waals surface area contributed by atoms with E-state index in [1.165, 1.54) is 23.6 Å². The highest BCUT2D eigenvalue weighted by Crippen LogP contribution is 2.42. The van der Waals surface area contributed by atoms with Gasteiger partial charge in [-0.05, 0) is 44.5 Å². The van der Waals surface area contributed by atoms with Crippen LogP contribution in [0.4, 0.5) is 29.1 Å². The van der Waals surface area contributed by atoms with Gasteiger partial charge in [-0.25, -0.2) is 9.78 Å². The molecular formula is C23H22F4N4O3. The van der Waals surface area contributed by atoms with Gasteiger partial charge in [-0.15, -0.1) is 0 Å². The summed E-state index contributed by atoms with van der Waals surface area (Å²) in [6.07, 6.45) is 1.52. The Labute approximate surface area is 191 Å². The molecule has 180 valence electrons. The quantitative estimate of drug-likeness (QED) is 0.533. The lowest BCUT2D eigenvalue weighted by Crippen LogP contribution is -2.38. The predicted octanol–water partition coefficient (Wildman–Crippen LogP) is 4.27. The third-order valence-electron chi connectivity index (χ3n) is 5.90. The van der Waals surface area contributed by atoms with Crippen molar-refractivity contribution >= 4 is 23.1 Å². The molecule has 1 saturated heterocycles. The summed E-state index contributed by atoms with van der Waals surface area (Å²) in [6, 6.07) is 7.41. The molecule has 4 rings (SSSR count). The summed E-state index contributed by atoms with van der Waals surface area (Å²) < 4.78 is 56.6. The summed E-state index contributed by atoms with van der Waals surface area (Å²) in [4.78, 5) is 29.7. The van der Waals surface area contributed by atoms with Gasteiger partial charge in [-0.2, -0.15) is 17.6 Å². The molecule has 0 radical (unpaired) electrons. The summed E-state index contributed by atoms with van der Waals surface area (Å²) in [7, 11) is 0. The number of pyridine rings is 1. The monoisotopic (exact) mass is 478 g/mol. The van der Waals surface area contributed by atoms with E-state index >= 15 is 0 Å². The van der Waals surface area contributed by atoms with Crippen LogP contribution in [0.25, 0.3) is 5.65 Å². The van der Waals surface area contributed by atoms with Gasteiger partial charge in [-0.3, -0.25) is 9.20 Å². The minimum Gasteiger partial charge on any atom is -0.478 e. The Bertz CT molecular complexity index is 1340. The average molecular weight is 478 g/mol. The van der Waals surface area contributed by atoms with Crippen molar-refractivity contribution in [2.75, 3.05) is 23.3 Å². The summed E-state index contributed by atoms with van der Waals surface area (Å²) in [5, 5.41) is 12.5. The van der Waals surface area contributed by atoms with Crippen LogP contribution >= 0.6 is 0 Å². The molecule has 1 atom stereocenters. The number of aromatic nitrogens is 2. The van der Waals surface area contributed by atoms with Gasteiger partial charge < -0.3 is 15.3 Å². The largest absolute Gasteiger partial charge is 0.478 e. The number of anilines is 2. The Balaban J connectivity index is 1.84. The number of para-hydroxylation sites is 1. The van der Waals surface area contributed by atoms with E-state index < -0.39 is 42.5 Å². The number of aryl methyl sites for hydroxylation is 1. The molecule has 7 nitrogen and oxygen atoms in total. The van der Waals surface area contributed by atoms with Gasteiger partial charge in [-0.1, -0.05) is 12.1 Å². The average Bonchev–Trinajstić information content (AvgIpc) is 2.97. The lowest BCUT2D eigenvalue weighted by atomic mass is 10.1. The van der Waals surface area contributed by atoms with Crippen molar-refractivity contribution < 1.29 is 27.5 Å². The first kappa shape index (κ1) is 23.5. The summed E-state index contributed by atoms with van der Waals surface area (Å²) in [6.45, 7) is 2.31. The number of hydrogen-bond acceptors (Lipinski definition) is 5. The Morgan fingerprint density at radius 1 is 1.15 bits per heavy atom. The third kappa shape index (κ3) is 3.84. The zero-order valence-corrected chi connectivity index (χ0v) is 18.6. The molecule has 0 unspecified atom stereocenters. The van der Waals surface area contributed by atoms with Gasteiger partial charge >= 0.3 is 17.8 Å². The van der Waals surface area contributed by atoms with E-state index in [1.54, 1.807) is 38.1 Å². The molecule has 1 fully saturated rings. The van der Waals surface area contributed by atoms with Crippen molar-refractivity contribution in [3.63, 3.8) is 0 Å². The fraction of sp³-hybridized carbons (Fsp3) is 0.348. The van der Waals surface area contributed by atoms with Crippen LogP contribution < -0.4 is 15.8 Å². The molecule has 1 aliphatic heterocycles. The first-order valence-corrected chi connectivity index (χ1v) is 10.5. The number of benzene rings is 1. The van der Waals surface area contributed by atoms with Gasteiger partial charge in [0, 0.05) is 17.4 Å². The van der Waals surface area contributed by atoms with Crippen LogP contribution in [0.2, 0.25) is 0 Å². The maximum atomic E-state index is 13.8. The Kier molecular flexibility index (Phi) is 5.53. The molecule has 0 aliphatic carbocycles. The van der Waals surface area contributed by atoms with Gasteiger partial charge in [0.05, 0.1) is 30.3 Å². The SMILES string of the molecule is Cc1cc([C@@H](C)Nc2ccccc2C(=O)O)c2nc(N3CC(F)(F)C(F)(F)C3)c(C)c(=O)n2c1. The summed E-state index contributed by atoms with van der Waals surface area (Å²) >= 11 is 0. The number of aromatic carboxylic acids is 1. The molecule has 0 bridgehead atoms. The molecule has 34 heavy (non-hydrogen) atoms. The summed E-state index contributed by atoms with van der Waals surface area (Å²) in [5.41, 5.74) is 1.03. The lowest BCUT2D eigenvalue weighted by molar-refractivity contribution is -0.172. The van der Waals surface area contributed by atoms with E-state index in [4.69, 9.17) is 0 Å². The number of halogens is 4. The van der Waals surface area contributed by atoms with E-state index in [0.717, 1.165) is 4.90 Å². The number of carbonyl (C=O) groups is 1. The van der Waals surface area contributed by atoms with Crippen LogP contribution in [0.3, 0.4) is 0 Å². The fourth-order valence-electron chi connectivity index (χ4n) is 4.13. The number of carboxylic acids is 1. The van der Waals surface area contributed by atoms with Crippen molar-refractivity contribution in [2.45, 2.75) is 38.7 Å². The number of rotatable bonds is 5. The maximum Gasteiger partial charge on any atom is 0.337 e. The van der Waals surface area contributed by atoms with Crippen LogP contribution in [0.5, 0.6) is 0 Å². The van der Waals surface area contributed by atoms with Crippen molar-refractivity contribution in [2.24, 2.45) is 0 Å². The molecule has 0 amide bonds. The molecule has 2 N–H and O–H groups in total. The second-order valence-corrected chi connectivity index (χ2v) is 8.51. The number of fused-ring (bicyclic) bond motifs is 1. The molecule has 3 heterocycles. The van der Waals surface area contributed by atoms with Gasteiger partial charge in [0.1, 0.15) is 11.5 Å². The van der Waals surface area contributed by atoms with E-state index in [2.05, 4.69) is 10.3 Å². The second kappa shape index (κ2) is 8.00. The fourth-order valence-corrected chi connectivity index (χ4v) is 4.13. The van der Waals surface area contributed by atoms with E-state index in [9.17, 15) is 32.3 Å². The number of hydrogen-bond donors (Lipinski definition) is 2. The van der Waals surface area contributed by atoms with E-state index in [0.29, 0.717) is 16.8 Å². The highest BCUT2D eigenvalue weighted by molar-refractivity contribution is 5.94. The van der Waals surface area contributed by atoms with E-state index in [1.807, 2.05) is 0 Å². The molecular weight excluding hydrogens is 456 g/mol. The highest BCUT2D eigenvalue weighted by Gasteiger charge is 2.63. The predicted molar refractivity (Wildman–Crippen MR) is 118 cm³/mol. The number of nitrogens with zero attached hydrogens (tertiary/aromatic N) is 3. The number of nitrogens with one attached hydrogen (secondary N) is 1. The molecule has 0 spiro atoms. The van der Waals surface area contributed by atoms with Crippen molar-refractivity contribution in [3.8, 4) is 0 Å². The molecule has 2 aromatic heterocycles. The normalized spacial score (nSPS) is 17.7. The van der Waals surface area contributed by atoms with Crippen molar-refractivity contribution in [1.82, 2.24) is 9.38 Å². The smallest absolute Gasteiger partial charge is 0.337 e. The number of alkyl halides is 4. The van der Waals surface area contributed by atoms with Crippen LogP contribution in [0.15, 0.2) is 41.3 Å². The van der Waals surface area contributed by atoms with Crippen LogP contribution in [0.1, 0.15) is 40.0 Å². The van der Waals surface area contributed by atoms with Crippen LogP contribution in [0, 0.1) is 13.8 Å². The lowest BCUT2D eigenvalue weighted by Gasteiger charge is -2.22. The van der Waals surface area contributed by atoms with Crippen molar-refractivity contribution in [1.29, 1.82) is 0 Å². The first-order valence-electron chi connectivity index (χ1n) is 10.5. The maximum absolute atomic E-state index is 13.8. The van der Waals surface area contributed by atoms with E-state index in [-0.39, 0.29) is 22.6 Å². The minimum absolute atomic E-state index is 0.0283. The van der Waals surface area contributed by atoms with Crippen LogP contribution in [-0.2, 0) is 0 Å². The zero-order chi connectivity index (χ0) is 25.0. The Morgan fingerprint density at radius 3 is 2.38 bits per heavy atom. The van der Waals surface area contributed by atoms with Gasteiger partial charge in [0.2, 0.25) is 0 Å². The Hall–Kier alpha value is -3.63. The van der Waals surface area contributed by atoms with Crippen LogP contribution in [-0.4, -0.2) is 45.4 Å². The topological polar surface area (TPSA) is 86.9 Å².